The van der Waals surface area contributed by atoms with E-state index in [1.807, 2.05) is 26.8 Å². The molecule has 0 unspecified atom stereocenters. The second-order valence-corrected chi connectivity index (χ2v) is 3.31. The molecule has 1 saturated heterocycles. The van der Waals surface area contributed by atoms with Crippen molar-refractivity contribution < 1.29 is 9.47 Å². The van der Waals surface area contributed by atoms with Gasteiger partial charge in [0.1, 0.15) is 0 Å². The highest BCUT2D eigenvalue weighted by Crippen LogP contribution is 2.20. The molecular formula is C9H16O2. The maximum absolute atomic E-state index is 5.46. The van der Waals surface area contributed by atoms with Gasteiger partial charge < -0.3 is 9.47 Å². The quantitative estimate of drug-likeness (QED) is 0.540. The van der Waals surface area contributed by atoms with Gasteiger partial charge in [0.2, 0.25) is 0 Å². The lowest BCUT2D eigenvalue weighted by atomic mass is 10.1. The average molecular weight is 156 g/mol. The number of hydrogen-bond acceptors (Lipinski definition) is 2. The Morgan fingerprint density at radius 1 is 1.27 bits per heavy atom. The molecule has 0 bridgehead atoms. The van der Waals surface area contributed by atoms with Gasteiger partial charge in [0.15, 0.2) is 5.79 Å². The third kappa shape index (κ3) is 2.64. The van der Waals surface area contributed by atoms with E-state index in [0.29, 0.717) is 5.92 Å². The normalized spacial score (nSPS) is 26.1. The lowest BCUT2D eigenvalue weighted by molar-refractivity contribution is -0.256. The highest BCUT2D eigenvalue weighted by molar-refractivity contribution is 4.87. The molecule has 0 amide bonds. The van der Waals surface area contributed by atoms with Crippen LogP contribution in [0.15, 0.2) is 12.2 Å². The monoisotopic (exact) mass is 156 g/mol. The molecule has 1 rings (SSSR count). The van der Waals surface area contributed by atoms with Crippen LogP contribution in [0.3, 0.4) is 0 Å². The van der Waals surface area contributed by atoms with Gasteiger partial charge in [0.05, 0.1) is 13.2 Å². The smallest absolute Gasteiger partial charge is 0.162 e. The summed E-state index contributed by atoms with van der Waals surface area (Å²) in [6.07, 6.45) is 4.16. The molecule has 2 heteroatoms. The molecule has 1 aliphatic heterocycles. The van der Waals surface area contributed by atoms with Crippen LogP contribution in [0.5, 0.6) is 0 Å². The molecule has 0 saturated carbocycles. The highest BCUT2D eigenvalue weighted by Gasteiger charge is 2.26. The van der Waals surface area contributed by atoms with E-state index in [0.717, 1.165) is 13.2 Å². The summed E-state index contributed by atoms with van der Waals surface area (Å²) in [6, 6.07) is 0. The van der Waals surface area contributed by atoms with Crippen molar-refractivity contribution in [1.82, 2.24) is 0 Å². The van der Waals surface area contributed by atoms with Crippen LogP contribution in [0.25, 0.3) is 0 Å². The van der Waals surface area contributed by atoms with Crippen molar-refractivity contribution in [1.29, 1.82) is 0 Å². The molecule has 0 aromatic carbocycles. The van der Waals surface area contributed by atoms with Gasteiger partial charge in [0.25, 0.3) is 0 Å². The number of allylic oxidation sites excluding steroid dienone is 1. The minimum absolute atomic E-state index is 0.377. The van der Waals surface area contributed by atoms with Gasteiger partial charge in [-0.25, -0.2) is 0 Å². The van der Waals surface area contributed by atoms with Crippen molar-refractivity contribution in [2.75, 3.05) is 13.2 Å². The number of rotatable bonds is 1. The highest BCUT2D eigenvalue weighted by atomic mass is 16.7. The maximum Gasteiger partial charge on any atom is 0.162 e. The minimum atomic E-state index is -0.377. The molecule has 0 aromatic rings. The SMILES string of the molecule is C/C=C/C1COC(C)(C)OC1. The Hall–Kier alpha value is -0.340. The lowest BCUT2D eigenvalue weighted by Crippen LogP contribution is -2.38. The third-order valence-corrected chi connectivity index (χ3v) is 1.75. The van der Waals surface area contributed by atoms with Gasteiger partial charge in [-0.05, 0) is 20.8 Å². The van der Waals surface area contributed by atoms with E-state index in [-0.39, 0.29) is 5.79 Å². The standard InChI is InChI=1S/C9H16O2/c1-4-5-8-6-10-9(2,3)11-7-8/h4-5,8H,6-7H2,1-3H3/b5-4+. The summed E-state index contributed by atoms with van der Waals surface area (Å²) in [4.78, 5) is 0. The summed E-state index contributed by atoms with van der Waals surface area (Å²) >= 11 is 0. The predicted molar refractivity (Wildman–Crippen MR) is 44.3 cm³/mol. The first kappa shape index (κ1) is 8.75. The summed E-state index contributed by atoms with van der Waals surface area (Å²) < 4.78 is 10.9. The Kier molecular flexibility index (Phi) is 2.68. The molecule has 1 aliphatic rings. The largest absolute Gasteiger partial charge is 0.350 e. The van der Waals surface area contributed by atoms with Crippen molar-refractivity contribution >= 4 is 0 Å². The fraction of sp³-hybridized carbons (Fsp3) is 0.778. The Bertz CT molecular complexity index is 140. The maximum atomic E-state index is 5.46. The van der Waals surface area contributed by atoms with E-state index in [4.69, 9.17) is 9.47 Å². The van der Waals surface area contributed by atoms with Crippen molar-refractivity contribution in [2.45, 2.75) is 26.6 Å². The topological polar surface area (TPSA) is 18.5 Å². The molecule has 0 radical (unpaired) electrons. The summed E-state index contributed by atoms with van der Waals surface area (Å²) in [5, 5.41) is 0. The molecule has 11 heavy (non-hydrogen) atoms. The summed E-state index contributed by atoms with van der Waals surface area (Å²) in [6.45, 7) is 7.45. The lowest BCUT2D eigenvalue weighted by Gasteiger charge is -2.33. The van der Waals surface area contributed by atoms with Gasteiger partial charge in [-0.1, -0.05) is 12.2 Å². The molecule has 2 nitrogen and oxygen atoms in total. The molecule has 0 N–H and O–H groups in total. The molecule has 0 aliphatic carbocycles. The van der Waals surface area contributed by atoms with E-state index >= 15 is 0 Å². The molecular weight excluding hydrogens is 140 g/mol. The van der Waals surface area contributed by atoms with Crippen LogP contribution in [0.2, 0.25) is 0 Å². The molecule has 0 atom stereocenters. The van der Waals surface area contributed by atoms with E-state index < -0.39 is 0 Å². The zero-order valence-electron chi connectivity index (χ0n) is 7.46. The minimum Gasteiger partial charge on any atom is -0.350 e. The summed E-state index contributed by atoms with van der Waals surface area (Å²) in [5.74, 6) is 0.0611. The van der Waals surface area contributed by atoms with E-state index in [2.05, 4.69) is 6.08 Å². The van der Waals surface area contributed by atoms with Crippen LogP contribution in [0.1, 0.15) is 20.8 Å². The van der Waals surface area contributed by atoms with Crippen LogP contribution >= 0.6 is 0 Å². The van der Waals surface area contributed by atoms with Crippen molar-refractivity contribution in [3.05, 3.63) is 12.2 Å². The van der Waals surface area contributed by atoms with Crippen LogP contribution in [-0.4, -0.2) is 19.0 Å². The molecule has 1 fully saturated rings. The van der Waals surface area contributed by atoms with E-state index in [9.17, 15) is 0 Å². The van der Waals surface area contributed by atoms with E-state index in [1.165, 1.54) is 0 Å². The Labute approximate surface area is 68.2 Å². The second-order valence-electron chi connectivity index (χ2n) is 3.31. The fourth-order valence-corrected chi connectivity index (χ4v) is 1.09. The van der Waals surface area contributed by atoms with Crippen molar-refractivity contribution in [3.8, 4) is 0 Å². The molecule has 1 heterocycles. The molecule has 0 aromatic heterocycles. The number of ether oxygens (including phenoxy) is 2. The van der Waals surface area contributed by atoms with Gasteiger partial charge >= 0.3 is 0 Å². The Morgan fingerprint density at radius 3 is 2.27 bits per heavy atom. The van der Waals surface area contributed by atoms with Crippen LogP contribution in [0, 0.1) is 5.92 Å². The first-order valence-electron chi connectivity index (χ1n) is 4.05. The zero-order valence-corrected chi connectivity index (χ0v) is 7.46. The predicted octanol–water partition coefficient (Wildman–Crippen LogP) is 1.96. The van der Waals surface area contributed by atoms with Gasteiger partial charge in [0, 0.05) is 5.92 Å². The van der Waals surface area contributed by atoms with E-state index in [1.54, 1.807) is 0 Å². The first-order chi connectivity index (χ1) is 5.14. The van der Waals surface area contributed by atoms with Gasteiger partial charge in [-0.2, -0.15) is 0 Å². The summed E-state index contributed by atoms with van der Waals surface area (Å²) in [5.41, 5.74) is 0. The van der Waals surface area contributed by atoms with Crippen LogP contribution in [0.4, 0.5) is 0 Å². The fourth-order valence-electron chi connectivity index (χ4n) is 1.09. The third-order valence-electron chi connectivity index (χ3n) is 1.75. The molecule has 0 spiro atoms. The first-order valence-corrected chi connectivity index (χ1v) is 4.05. The van der Waals surface area contributed by atoms with Gasteiger partial charge in [-0.3, -0.25) is 0 Å². The average Bonchev–Trinajstić information content (AvgIpc) is 1.94. The second kappa shape index (κ2) is 3.37. The van der Waals surface area contributed by atoms with Crippen LogP contribution < -0.4 is 0 Å². The van der Waals surface area contributed by atoms with Crippen molar-refractivity contribution in [3.63, 3.8) is 0 Å². The Balaban J connectivity index is 2.36. The summed E-state index contributed by atoms with van der Waals surface area (Å²) in [7, 11) is 0. The number of hydrogen-bond donors (Lipinski definition) is 0. The van der Waals surface area contributed by atoms with Gasteiger partial charge in [-0.15, -0.1) is 0 Å². The van der Waals surface area contributed by atoms with Crippen molar-refractivity contribution in [2.24, 2.45) is 5.92 Å². The molecule has 64 valence electrons. The van der Waals surface area contributed by atoms with Crippen LogP contribution in [-0.2, 0) is 9.47 Å². The Morgan fingerprint density at radius 2 is 1.82 bits per heavy atom. The zero-order chi connectivity index (χ0) is 8.32.